The molecule has 4 aromatic rings. The lowest BCUT2D eigenvalue weighted by Gasteiger charge is -2.15. The van der Waals surface area contributed by atoms with E-state index in [1.807, 2.05) is 12.1 Å². The molecule has 1 amide bonds. The second kappa shape index (κ2) is 8.81. The zero-order valence-electron chi connectivity index (χ0n) is 16.6. The van der Waals surface area contributed by atoms with Crippen LogP contribution in [0.5, 0.6) is 0 Å². The summed E-state index contributed by atoms with van der Waals surface area (Å²) in [6.45, 7) is 1.46. The molecule has 1 atom stereocenters. The molecule has 0 bridgehead atoms. The molecule has 1 N–H and O–H groups in total. The van der Waals surface area contributed by atoms with Crippen LogP contribution >= 0.6 is 23.1 Å². The number of nitrogens with zero attached hydrogens (tertiary/aromatic N) is 3. The number of furan rings is 1. The van der Waals surface area contributed by atoms with Crippen LogP contribution < -0.4 is 10.9 Å². The Bertz CT molecular complexity index is 1280. The molecule has 1 aliphatic heterocycles. The van der Waals surface area contributed by atoms with E-state index in [0.29, 0.717) is 40.8 Å². The molecule has 1 aliphatic rings. The average Bonchev–Trinajstić information content (AvgIpc) is 3.54. The van der Waals surface area contributed by atoms with Gasteiger partial charge in [0.25, 0.3) is 5.56 Å². The smallest absolute Gasteiger partial charge is 0.272 e. The number of nitrogens with one attached hydrogen (secondary N) is 1. The number of pyridine rings is 1. The Morgan fingerprint density at radius 3 is 3.10 bits per heavy atom. The second-order valence-electron chi connectivity index (χ2n) is 7.23. The Hall–Kier alpha value is -2.69. The molecule has 0 radical (unpaired) electrons. The van der Waals surface area contributed by atoms with Crippen molar-refractivity contribution in [2.24, 2.45) is 0 Å². The molecule has 31 heavy (non-hydrogen) atoms. The third kappa shape index (κ3) is 4.23. The van der Waals surface area contributed by atoms with Gasteiger partial charge in [-0.05, 0) is 37.1 Å². The monoisotopic (exact) mass is 456 g/mol. The summed E-state index contributed by atoms with van der Waals surface area (Å²) in [5, 5.41) is 4.20. The molecule has 5 rings (SSSR count). The molecular weight excluding hydrogens is 436 g/mol. The quantitative estimate of drug-likeness (QED) is 0.337. The number of rotatable bonds is 7. The third-order valence-electron chi connectivity index (χ3n) is 5.10. The molecule has 0 saturated carbocycles. The number of ether oxygens (including phenoxy) is 1. The van der Waals surface area contributed by atoms with E-state index in [0.717, 1.165) is 23.1 Å². The molecule has 0 aromatic carbocycles. The number of hydrogen-bond acceptors (Lipinski definition) is 8. The Morgan fingerprint density at radius 1 is 1.35 bits per heavy atom. The largest absolute Gasteiger partial charge is 0.467 e. The van der Waals surface area contributed by atoms with E-state index in [4.69, 9.17) is 14.1 Å². The number of thiophene rings is 1. The van der Waals surface area contributed by atoms with Crippen LogP contribution in [0.1, 0.15) is 18.6 Å². The van der Waals surface area contributed by atoms with Crippen molar-refractivity contribution in [3.8, 4) is 0 Å². The van der Waals surface area contributed by atoms with Crippen molar-refractivity contribution < 1.29 is 13.9 Å². The first-order valence-electron chi connectivity index (χ1n) is 10.0. The van der Waals surface area contributed by atoms with Gasteiger partial charge in [0.1, 0.15) is 15.3 Å². The normalized spacial score (nSPS) is 16.3. The summed E-state index contributed by atoms with van der Waals surface area (Å²) in [4.78, 5) is 35.7. The first-order valence-corrected chi connectivity index (χ1v) is 11.8. The number of carbonyl (C=O) groups excluding carboxylic acids is 1. The molecule has 1 saturated heterocycles. The lowest BCUT2D eigenvalue weighted by Crippen LogP contribution is -2.29. The molecule has 0 aliphatic carbocycles. The van der Waals surface area contributed by atoms with Gasteiger partial charge < -0.3 is 14.5 Å². The van der Waals surface area contributed by atoms with E-state index in [2.05, 4.69) is 10.3 Å². The van der Waals surface area contributed by atoms with Crippen molar-refractivity contribution in [1.82, 2.24) is 19.9 Å². The molecule has 0 spiro atoms. The van der Waals surface area contributed by atoms with Crippen molar-refractivity contribution in [3.05, 3.63) is 52.8 Å². The van der Waals surface area contributed by atoms with E-state index < -0.39 is 0 Å². The summed E-state index contributed by atoms with van der Waals surface area (Å²) >= 11 is 2.61. The Kier molecular flexibility index (Phi) is 5.75. The molecule has 5 heterocycles. The highest BCUT2D eigenvalue weighted by Gasteiger charge is 2.22. The maximum absolute atomic E-state index is 13.4. The topological polar surface area (TPSA) is 99.2 Å². The maximum Gasteiger partial charge on any atom is 0.272 e. The first-order chi connectivity index (χ1) is 15.2. The van der Waals surface area contributed by atoms with Gasteiger partial charge in [-0.2, -0.15) is 0 Å². The molecular formula is C21H20N4O4S2. The average molecular weight is 457 g/mol. The van der Waals surface area contributed by atoms with Gasteiger partial charge in [-0.3, -0.25) is 14.2 Å². The van der Waals surface area contributed by atoms with Gasteiger partial charge in [0.15, 0.2) is 5.16 Å². The Morgan fingerprint density at radius 2 is 2.29 bits per heavy atom. The molecule has 160 valence electrons. The van der Waals surface area contributed by atoms with Gasteiger partial charge in [-0.25, -0.2) is 9.97 Å². The maximum atomic E-state index is 13.4. The molecule has 10 heteroatoms. The van der Waals surface area contributed by atoms with Crippen molar-refractivity contribution in [3.63, 3.8) is 0 Å². The van der Waals surface area contributed by atoms with Crippen LogP contribution in [0, 0.1) is 0 Å². The van der Waals surface area contributed by atoms with Crippen molar-refractivity contribution in [2.75, 3.05) is 12.4 Å². The van der Waals surface area contributed by atoms with E-state index in [9.17, 15) is 9.59 Å². The zero-order chi connectivity index (χ0) is 21.2. The molecule has 4 aromatic heterocycles. The van der Waals surface area contributed by atoms with Gasteiger partial charge in [-0.1, -0.05) is 11.8 Å². The third-order valence-corrected chi connectivity index (χ3v) is 7.17. The fourth-order valence-corrected chi connectivity index (χ4v) is 5.45. The number of carbonyl (C=O) groups is 1. The Balaban J connectivity index is 1.44. The SMILES string of the molecule is O=C(CSc1nc2c(sc3ncccc32)c(=O)n1CC1CCCO1)NCc1ccco1. The predicted molar refractivity (Wildman–Crippen MR) is 119 cm³/mol. The number of aromatic nitrogens is 3. The highest BCUT2D eigenvalue weighted by molar-refractivity contribution is 7.99. The fourth-order valence-electron chi connectivity index (χ4n) is 3.58. The van der Waals surface area contributed by atoms with E-state index in [1.54, 1.807) is 29.2 Å². The van der Waals surface area contributed by atoms with Crippen molar-refractivity contribution in [2.45, 2.75) is 37.2 Å². The summed E-state index contributed by atoms with van der Waals surface area (Å²) in [6, 6.07) is 7.34. The van der Waals surface area contributed by atoms with Gasteiger partial charge in [0.2, 0.25) is 5.91 Å². The van der Waals surface area contributed by atoms with Crippen LogP contribution in [-0.2, 0) is 22.6 Å². The van der Waals surface area contributed by atoms with Crippen molar-refractivity contribution >= 4 is 49.4 Å². The summed E-state index contributed by atoms with van der Waals surface area (Å²) in [6.07, 6.45) is 5.16. The second-order valence-corrected chi connectivity index (χ2v) is 9.17. The van der Waals surface area contributed by atoms with Crippen LogP contribution in [0.2, 0.25) is 0 Å². The highest BCUT2D eigenvalue weighted by atomic mass is 32.2. The van der Waals surface area contributed by atoms with Gasteiger partial charge >= 0.3 is 0 Å². The van der Waals surface area contributed by atoms with Crippen LogP contribution in [0.4, 0.5) is 0 Å². The number of thioether (sulfide) groups is 1. The van der Waals surface area contributed by atoms with Crippen LogP contribution in [-0.4, -0.2) is 38.9 Å². The standard InChI is InChI=1S/C21H20N4O4S2/c26-16(23-10-13-4-2-8-28-13)12-30-21-24-17-15-6-1-7-22-19(15)31-18(17)20(27)25(21)11-14-5-3-9-29-14/h1-2,4,6-8,14H,3,5,9-12H2,(H,23,26). The van der Waals surface area contributed by atoms with E-state index in [1.165, 1.54) is 23.1 Å². The van der Waals surface area contributed by atoms with Crippen LogP contribution in [0.3, 0.4) is 0 Å². The summed E-state index contributed by atoms with van der Waals surface area (Å²) in [5.74, 6) is 0.673. The number of hydrogen-bond donors (Lipinski definition) is 1. The summed E-state index contributed by atoms with van der Waals surface area (Å²) in [7, 11) is 0. The summed E-state index contributed by atoms with van der Waals surface area (Å²) < 4.78 is 13.2. The minimum absolute atomic E-state index is 0.0171. The first kappa shape index (κ1) is 20.2. The van der Waals surface area contributed by atoms with Gasteiger partial charge in [0.05, 0.1) is 36.7 Å². The number of fused-ring (bicyclic) bond motifs is 3. The van der Waals surface area contributed by atoms with Gasteiger partial charge in [0, 0.05) is 18.2 Å². The predicted octanol–water partition coefficient (Wildman–Crippen LogP) is 3.19. The minimum atomic E-state index is -0.156. The number of amides is 1. The molecule has 1 unspecified atom stereocenters. The molecule has 8 nitrogen and oxygen atoms in total. The van der Waals surface area contributed by atoms with Crippen LogP contribution in [0.15, 0.2) is 51.1 Å². The van der Waals surface area contributed by atoms with Crippen LogP contribution in [0.25, 0.3) is 20.4 Å². The zero-order valence-corrected chi connectivity index (χ0v) is 18.2. The molecule has 1 fully saturated rings. The van der Waals surface area contributed by atoms with E-state index in [-0.39, 0.29) is 23.3 Å². The summed E-state index contributed by atoms with van der Waals surface area (Å²) in [5.41, 5.74) is 0.530. The lowest BCUT2D eigenvalue weighted by molar-refractivity contribution is -0.118. The van der Waals surface area contributed by atoms with E-state index >= 15 is 0 Å². The Labute approximate surface area is 185 Å². The highest BCUT2D eigenvalue weighted by Crippen LogP contribution is 2.30. The van der Waals surface area contributed by atoms with Gasteiger partial charge in [-0.15, -0.1) is 11.3 Å². The van der Waals surface area contributed by atoms with Crippen molar-refractivity contribution in [1.29, 1.82) is 0 Å². The minimum Gasteiger partial charge on any atom is -0.467 e. The lowest BCUT2D eigenvalue weighted by atomic mass is 10.2. The fraction of sp³-hybridized carbons (Fsp3) is 0.333.